The van der Waals surface area contributed by atoms with Crippen LogP contribution in [0.3, 0.4) is 0 Å². The normalized spacial score (nSPS) is 36.0. The van der Waals surface area contributed by atoms with Crippen LogP contribution in [0.15, 0.2) is 16.8 Å². The van der Waals surface area contributed by atoms with Gasteiger partial charge in [-0.05, 0) is 78.7 Å². The molecule has 0 radical (unpaired) electrons. The third-order valence-electron chi connectivity index (χ3n) is 6.06. The Kier molecular flexibility index (Phi) is 4.10. The van der Waals surface area contributed by atoms with Crippen LogP contribution < -0.4 is 10.6 Å². The quantitative estimate of drug-likeness (QED) is 0.862. The first-order valence-corrected chi connectivity index (χ1v) is 9.71. The van der Waals surface area contributed by atoms with E-state index in [4.69, 9.17) is 4.74 Å². The molecule has 1 atom stereocenters. The smallest absolute Gasteiger partial charge is 0.315 e. The van der Waals surface area contributed by atoms with Crippen LogP contribution in [-0.4, -0.2) is 25.2 Å². The fraction of sp³-hybridized carbons (Fsp3) is 0.722. The molecule has 4 aliphatic carbocycles. The third-order valence-corrected chi connectivity index (χ3v) is 6.77. The molecule has 0 saturated heterocycles. The summed E-state index contributed by atoms with van der Waals surface area (Å²) in [5, 5.41) is 10.5. The summed E-state index contributed by atoms with van der Waals surface area (Å²) in [6, 6.07) is 2.03. The van der Waals surface area contributed by atoms with Crippen LogP contribution in [0.25, 0.3) is 0 Å². The monoisotopic (exact) mass is 334 g/mol. The Morgan fingerprint density at radius 2 is 1.96 bits per heavy atom. The maximum atomic E-state index is 12.4. The Bertz CT molecular complexity index is 522. The molecule has 23 heavy (non-hydrogen) atoms. The standard InChI is InChI=1S/C18H26N2O2S/c1-22-16(15-2-3-23-11-15)10-19-17(21)20-18-7-12-4-13(8-18)6-14(5-12)9-18/h2-3,11-14,16H,4-10H2,1H3,(H2,19,20,21)/t12?,13?,14?,16-,18?/m1/s1. The Morgan fingerprint density at radius 1 is 1.30 bits per heavy atom. The van der Waals surface area contributed by atoms with E-state index in [0.29, 0.717) is 6.54 Å². The van der Waals surface area contributed by atoms with Crippen molar-refractivity contribution < 1.29 is 9.53 Å². The van der Waals surface area contributed by atoms with Gasteiger partial charge in [0.1, 0.15) is 6.10 Å². The van der Waals surface area contributed by atoms with E-state index in [1.165, 1.54) is 38.5 Å². The fourth-order valence-corrected chi connectivity index (χ4v) is 6.23. The van der Waals surface area contributed by atoms with Gasteiger partial charge in [-0.1, -0.05) is 0 Å². The highest BCUT2D eigenvalue weighted by molar-refractivity contribution is 7.07. The van der Waals surface area contributed by atoms with Crippen LogP contribution in [0.1, 0.15) is 50.2 Å². The van der Waals surface area contributed by atoms with Crippen LogP contribution in [-0.2, 0) is 4.74 Å². The molecule has 4 nitrogen and oxygen atoms in total. The van der Waals surface area contributed by atoms with Gasteiger partial charge < -0.3 is 15.4 Å². The van der Waals surface area contributed by atoms with Crippen LogP contribution in [0.2, 0.25) is 0 Å². The average molecular weight is 334 g/mol. The van der Waals surface area contributed by atoms with Gasteiger partial charge >= 0.3 is 6.03 Å². The molecule has 4 aliphatic rings. The molecule has 0 aliphatic heterocycles. The first-order valence-electron chi connectivity index (χ1n) is 8.77. The highest BCUT2D eigenvalue weighted by Crippen LogP contribution is 2.55. The summed E-state index contributed by atoms with van der Waals surface area (Å²) in [6.07, 6.45) is 7.68. The Labute approximate surface area is 142 Å². The van der Waals surface area contributed by atoms with Crippen molar-refractivity contribution in [1.29, 1.82) is 0 Å². The minimum atomic E-state index is -0.0663. The molecule has 1 heterocycles. The average Bonchev–Trinajstić information content (AvgIpc) is 3.00. The molecule has 4 fully saturated rings. The minimum absolute atomic E-state index is 0.0239. The molecule has 4 bridgehead atoms. The topological polar surface area (TPSA) is 50.4 Å². The first kappa shape index (κ1) is 15.5. The second kappa shape index (κ2) is 6.10. The van der Waals surface area contributed by atoms with Crippen molar-refractivity contribution in [1.82, 2.24) is 10.6 Å². The van der Waals surface area contributed by atoms with Gasteiger partial charge in [-0.15, -0.1) is 0 Å². The van der Waals surface area contributed by atoms with E-state index in [1.807, 2.05) is 5.38 Å². The molecule has 5 rings (SSSR count). The van der Waals surface area contributed by atoms with Gasteiger partial charge in [0.05, 0.1) is 0 Å². The predicted molar refractivity (Wildman–Crippen MR) is 91.5 cm³/mol. The highest BCUT2D eigenvalue weighted by atomic mass is 32.1. The van der Waals surface area contributed by atoms with E-state index in [1.54, 1.807) is 18.4 Å². The fourth-order valence-electron chi connectivity index (χ4n) is 5.53. The van der Waals surface area contributed by atoms with Gasteiger partial charge in [0, 0.05) is 19.2 Å². The number of carbonyl (C=O) groups is 1. The maximum absolute atomic E-state index is 12.4. The van der Waals surface area contributed by atoms with Gasteiger partial charge in [-0.25, -0.2) is 4.79 Å². The zero-order chi connectivity index (χ0) is 15.9. The van der Waals surface area contributed by atoms with E-state index in [2.05, 4.69) is 22.1 Å². The lowest BCUT2D eigenvalue weighted by Crippen LogP contribution is -2.61. The summed E-state index contributed by atoms with van der Waals surface area (Å²) in [4.78, 5) is 12.4. The van der Waals surface area contributed by atoms with Crippen molar-refractivity contribution in [3.8, 4) is 0 Å². The van der Waals surface area contributed by atoms with Crippen molar-refractivity contribution in [2.45, 2.75) is 50.2 Å². The molecule has 5 heteroatoms. The number of amides is 2. The number of thiophene rings is 1. The molecular weight excluding hydrogens is 308 g/mol. The Morgan fingerprint density at radius 3 is 2.48 bits per heavy atom. The molecule has 0 unspecified atom stereocenters. The summed E-state index contributed by atoms with van der Waals surface area (Å²) in [5.74, 6) is 2.54. The number of rotatable bonds is 5. The summed E-state index contributed by atoms with van der Waals surface area (Å²) >= 11 is 1.65. The number of nitrogens with one attached hydrogen (secondary N) is 2. The second-order valence-electron chi connectivity index (χ2n) is 7.81. The number of carbonyl (C=O) groups excluding carboxylic acids is 1. The number of methoxy groups -OCH3 is 1. The molecule has 1 aromatic rings. The molecular formula is C18H26N2O2S. The Hall–Kier alpha value is -1.07. The molecule has 1 aromatic heterocycles. The van der Waals surface area contributed by atoms with Gasteiger partial charge in [-0.2, -0.15) is 11.3 Å². The van der Waals surface area contributed by atoms with E-state index in [9.17, 15) is 4.79 Å². The van der Waals surface area contributed by atoms with Crippen molar-refractivity contribution in [3.63, 3.8) is 0 Å². The number of ether oxygens (including phenoxy) is 1. The lowest BCUT2D eigenvalue weighted by atomic mass is 9.53. The summed E-state index contributed by atoms with van der Waals surface area (Å²) in [7, 11) is 1.70. The summed E-state index contributed by atoms with van der Waals surface area (Å²) in [6.45, 7) is 0.519. The van der Waals surface area contributed by atoms with Gasteiger partial charge in [0.15, 0.2) is 0 Å². The molecule has 126 valence electrons. The number of urea groups is 1. The summed E-state index contributed by atoms with van der Waals surface area (Å²) in [5.41, 5.74) is 1.21. The van der Waals surface area contributed by atoms with Crippen LogP contribution in [0, 0.1) is 17.8 Å². The first-order chi connectivity index (χ1) is 11.2. The van der Waals surface area contributed by atoms with Gasteiger partial charge in [0.25, 0.3) is 0 Å². The lowest BCUT2D eigenvalue weighted by Gasteiger charge is -2.56. The van der Waals surface area contributed by atoms with Crippen molar-refractivity contribution in [3.05, 3.63) is 22.4 Å². The largest absolute Gasteiger partial charge is 0.375 e. The van der Waals surface area contributed by atoms with Crippen molar-refractivity contribution in [2.24, 2.45) is 17.8 Å². The predicted octanol–water partition coefficient (Wildman–Crippen LogP) is 3.70. The zero-order valence-electron chi connectivity index (χ0n) is 13.7. The molecule has 0 aromatic carbocycles. The molecule has 2 N–H and O–H groups in total. The minimum Gasteiger partial charge on any atom is -0.375 e. The lowest BCUT2D eigenvalue weighted by molar-refractivity contribution is -0.0137. The van der Waals surface area contributed by atoms with E-state index in [-0.39, 0.29) is 17.7 Å². The molecule has 2 amide bonds. The van der Waals surface area contributed by atoms with E-state index < -0.39 is 0 Å². The van der Waals surface area contributed by atoms with E-state index >= 15 is 0 Å². The Balaban J connectivity index is 1.33. The number of hydrogen-bond acceptors (Lipinski definition) is 3. The van der Waals surface area contributed by atoms with E-state index in [0.717, 1.165) is 23.3 Å². The second-order valence-corrected chi connectivity index (χ2v) is 8.59. The third kappa shape index (κ3) is 3.13. The highest BCUT2D eigenvalue weighted by Gasteiger charge is 2.51. The van der Waals surface area contributed by atoms with Crippen LogP contribution in [0.4, 0.5) is 4.79 Å². The summed E-state index contributed by atoms with van der Waals surface area (Å²) < 4.78 is 5.50. The van der Waals surface area contributed by atoms with Crippen molar-refractivity contribution >= 4 is 17.4 Å². The van der Waals surface area contributed by atoms with Crippen molar-refractivity contribution in [2.75, 3.05) is 13.7 Å². The SMILES string of the molecule is CO[C@H](CNC(=O)NC12CC3CC(CC(C3)C1)C2)c1ccsc1. The van der Waals surface area contributed by atoms with Gasteiger partial charge in [0.2, 0.25) is 0 Å². The van der Waals surface area contributed by atoms with Crippen LogP contribution in [0.5, 0.6) is 0 Å². The number of hydrogen-bond donors (Lipinski definition) is 2. The molecule has 0 spiro atoms. The molecule has 4 saturated carbocycles. The van der Waals surface area contributed by atoms with Gasteiger partial charge in [-0.3, -0.25) is 0 Å². The maximum Gasteiger partial charge on any atom is 0.315 e. The van der Waals surface area contributed by atoms with Crippen LogP contribution >= 0.6 is 11.3 Å². The zero-order valence-corrected chi connectivity index (χ0v) is 14.5.